The van der Waals surface area contributed by atoms with Gasteiger partial charge < -0.3 is 15.6 Å². The lowest BCUT2D eigenvalue weighted by atomic mass is 9.92. The molecule has 1 aliphatic heterocycles. The van der Waals surface area contributed by atoms with Crippen LogP contribution < -0.4 is 5.73 Å². The van der Waals surface area contributed by atoms with Gasteiger partial charge in [0.05, 0.1) is 18.1 Å². The highest BCUT2D eigenvalue weighted by Crippen LogP contribution is 2.19. The van der Waals surface area contributed by atoms with Gasteiger partial charge in [-0.1, -0.05) is 0 Å². The van der Waals surface area contributed by atoms with Crippen LogP contribution in [0.1, 0.15) is 20.8 Å². The van der Waals surface area contributed by atoms with Crippen molar-refractivity contribution >= 4 is 5.97 Å². The SMILES string of the molecule is CC(N)C1CN(CC(C)(C)C(=O)O)CCO1. The predicted molar refractivity (Wildman–Crippen MR) is 61.2 cm³/mol. The average molecular weight is 230 g/mol. The molecule has 1 fully saturated rings. The molecule has 1 aliphatic rings. The molecule has 2 atom stereocenters. The zero-order valence-corrected chi connectivity index (χ0v) is 10.3. The van der Waals surface area contributed by atoms with E-state index in [1.54, 1.807) is 13.8 Å². The molecule has 16 heavy (non-hydrogen) atoms. The van der Waals surface area contributed by atoms with E-state index in [1.165, 1.54) is 0 Å². The summed E-state index contributed by atoms with van der Waals surface area (Å²) < 4.78 is 5.53. The fourth-order valence-corrected chi connectivity index (χ4v) is 1.82. The van der Waals surface area contributed by atoms with E-state index in [2.05, 4.69) is 4.90 Å². The van der Waals surface area contributed by atoms with Crippen molar-refractivity contribution in [1.82, 2.24) is 4.90 Å². The van der Waals surface area contributed by atoms with Gasteiger partial charge in [0.15, 0.2) is 0 Å². The first kappa shape index (κ1) is 13.4. The third-order valence-electron chi connectivity index (χ3n) is 2.96. The fraction of sp³-hybridized carbons (Fsp3) is 0.909. The van der Waals surface area contributed by atoms with Crippen LogP contribution in [-0.4, -0.2) is 54.4 Å². The topological polar surface area (TPSA) is 75.8 Å². The summed E-state index contributed by atoms with van der Waals surface area (Å²) in [6, 6.07) is -0.0178. The molecule has 0 amide bonds. The second-order valence-electron chi connectivity index (χ2n) is 5.19. The van der Waals surface area contributed by atoms with E-state index < -0.39 is 11.4 Å². The van der Waals surface area contributed by atoms with E-state index in [0.717, 1.165) is 6.54 Å². The number of carboxylic acid groups (broad SMARTS) is 1. The maximum Gasteiger partial charge on any atom is 0.310 e. The molecule has 1 heterocycles. The van der Waals surface area contributed by atoms with E-state index >= 15 is 0 Å². The molecule has 0 spiro atoms. The summed E-state index contributed by atoms with van der Waals surface area (Å²) in [7, 11) is 0. The Morgan fingerprint density at radius 2 is 2.31 bits per heavy atom. The highest BCUT2D eigenvalue weighted by atomic mass is 16.5. The molecule has 0 aromatic heterocycles. The molecule has 3 N–H and O–H groups in total. The Kier molecular flexibility index (Phi) is 4.29. The Morgan fingerprint density at radius 3 is 2.81 bits per heavy atom. The van der Waals surface area contributed by atoms with Crippen molar-refractivity contribution in [3.8, 4) is 0 Å². The van der Waals surface area contributed by atoms with Gasteiger partial charge in [-0.2, -0.15) is 0 Å². The fourth-order valence-electron chi connectivity index (χ4n) is 1.82. The zero-order valence-electron chi connectivity index (χ0n) is 10.3. The minimum atomic E-state index is -0.767. The number of carbonyl (C=O) groups is 1. The Bertz CT molecular complexity index is 254. The smallest absolute Gasteiger partial charge is 0.310 e. The first-order chi connectivity index (χ1) is 7.33. The monoisotopic (exact) mass is 230 g/mol. The van der Waals surface area contributed by atoms with E-state index in [-0.39, 0.29) is 12.1 Å². The molecule has 5 heteroatoms. The van der Waals surface area contributed by atoms with Gasteiger partial charge in [-0.3, -0.25) is 9.69 Å². The summed E-state index contributed by atoms with van der Waals surface area (Å²) in [4.78, 5) is 13.1. The number of hydrogen-bond donors (Lipinski definition) is 2. The van der Waals surface area contributed by atoms with Gasteiger partial charge in [0.2, 0.25) is 0 Å². The molecular weight excluding hydrogens is 208 g/mol. The first-order valence-electron chi connectivity index (χ1n) is 5.66. The van der Waals surface area contributed by atoms with Crippen LogP contribution in [0.2, 0.25) is 0 Å². The van der Waals surface area contributed by atoms with Gasteiger partial charge in [-0.05, 0) is 20.8 Å². The first-order valence-corrected chi connectivity index (χ1v) is 5.66. The van der Waals surface area contributed by atoms with Crippen LogP contribution in [0, 0.1) is 5.41 Å². The molecule has 0 saturated carbocycles. The molecule has 0 aromatic rings. The summed E-state index contributed by atoms with van der Waals surface area (Å²) in [5, 5.41) is 9.06. The van der Waals surface area contributed by atoms with E-state index in [0.29, 0.717) is 19.7 Å². The predicted octanol–water partition coefficient (Wildman–Crippen LogP) is 0.145. The Labute approximate surface area is 96.6 Å². The third kappa shape index (κ3) is 3.43. The van der Waals surface area contributed by atoms with Crippen LogP contribution in [0.5, 0.6) is 0 Å². The van der Waals surface area contributed by atoms with Crippen LogP contribution in [-0.2, 0) is 9.53 Å². The highest BCUT2D eigenvalue weighted by Gasteiger charge is 2.32. The molecule has 0 aromatic carbocycles. The summed E-state index contributed by atoms with van der Waals surface area (Å²) in [6.07, 6.45) is 0.0124. The number of nitrogens with two attached hydrogens (primary N) is 1. The molecule has 0 radical (unpaired) electrons. The van der Waals surface area contributed by atoms with Crippen molar-refractivity contribution in [2.24, 2.45) is 11.1 Å². The number of rotatable bonds is 4. The van der Waals surface area contributed by atoms with E-state index in [9.17, 15) is 4.79 Å². The standard InChI is InChI=1S/C11H22N2O3/c1-8(12)9-6-13(4-5-16-9)7-11(2,3)10(14)15/h8-9H,4-7,12H2,1-3H3,(H,14,15). The maximum atomic E-state index is 11.0. The lowest BCUT2D eigenvalue weighted by Crippen LogP contribution is -2.52. The quantitative estimate of drug-likeness (QED) is 0.718. The summed E-state index contributed by atoms with van der Waals surface area (Å²) in [5.74, 6) is -0.767. The van der Waals surface area contributed by atoms with Crippen molar-refractivity contribution < 1.29 is 14.6 Å². The minimum absolute atomic E-state index is 0.0124. The van der Waals surface area contributed by atoms with Crippen molar-refractivity contribution in [2.45, 2.75) is 32.9 Å². The zero-order chi connectivity index (χ0) is 12.3. The number of aliphatic carboxylic acids is 1. The molecule has 0 bridgehead atoms. The number of hydrogen-bond acceptors (Lipinski definition) is 4. The van der Waals surface area contributed by atoms with Gasteiger partial charge in [0.25, 0.3) is 0 Å². The molecule has 0 aliphatic carbocycles. The second-order valence-corrected chi connectivity index (χ2v) is 5.19. The number of carboxylic acids is 1. The molecule has 1 saturated heterocycles. The molecular formula is C11H22N2O3. The van der Waals surface area contributed by atoms with Crippen LogP contribution >= 0.6 is 0 Å². The van der Waals surface area contributed by atoms with E-state index in [4.69, 9.17) is 15.6 Å². The molecule has 2 unspecified atom stereocenters. The highest BCUT2D eigenvalue weighted by molar-refractivity contribution is 5.73. The Morgan fingerprint density at radius 1 is 1.69 bits per heavy atom. The molecule has 5 nitrogen and oxygen atoms in total. The van der Waals surface area contributed by atoms with Crippen molar-refractivity contribution in [1.29, 1.82) is 0 Å². The normalized spacial score (nSPS) is 25.4. The van der Waals surface area contributed by atoms with Gasteiger partial charge in [0, 0.05) is 25.7 Å². The molecule has 1 rings (SSSR count). The molecule has 94 valence electrons. The number of morpholine rings is 1. The third-order valence-corrected chi connectivity index (χ3v) is 2.96. The average Bonchev–Trinajstić information content (AvgIpc) is 2.17. The van der Waals surface area contributed by atoms with Crippen molar-refractivity contribution in [3.63, 3.8) is 0 Å². The van der Waals surface area contributed by atoms with Crippen LogP contribution in [0.3, 0.4) is 0 Å². The summed E-state index contributed by atoms with van der Waals surface area (Å²) >= 11 is 0. The minimum Gasteiger partial charge on any atom is -0.481 e. The van der Waals surface area contributed by atoms with Gasteiger partial charge >= 0.3 is 5.97 Å². The van der Waals surface area contributed by atoms with Crippen molar-refractivity contribution in [3.05, 3.63) is 0 Å². The lowest BCUT2D eigenvalue weighted by Gasteiger charge is -2.37. The Hall–Kier alpha value is -0.650. The number of ether oxygens (including phenoxy) is 1. The van der Waals surface area contributed by atoms with Crippen molar-refractivity contribution in [2.75, 3.05) is 26.2 Å². The largest absolute Gasteiger partial charge is 0.481 e. The van der Waals surface area contributed by atoms with Gasteiger partial charge in [-0.25, -0.2) is 0 Å². The summed E-state index contributed by atoms with van der Waals surface area (Å²) in [5.41, 5.74) is 5.06. The van der Waals surface area contributed by atoms with Gasteiger partial charge in [-0.15, -0.1) is 0 Å². The Balaban J connectivity index is 2.52. The van der Waals surface area contributed by atoms with Crippen LogP contribution in [0.25, 0.3) is 0 Å². The van der Waals surface area contributed by atoms with Gasteiger partial charge in [0.1, 0.15) is 0 Å². The van der Waals surface area contributed by atoms with Crippen LogP contribution in [0.15, 0.2) is 0 Å². The maximum absolute atomic E-state index is 11.0. The lowest BCUT2D eigenvalue weighted by molar-refractivity contribution is -0.149. The summed E-state index contributed by atoms with van der Waals surface area (Å²) in [6.45, 7) is 8.05. The number of nitrogens with zero attached hydrogens (tertiary/aromatic N) is 1. The van der Waals surface area contributed by atoms with Crippen LogP contribution in [0.4, 0.5) is 0 Å². The second kappa shape index (κ2) is 5.12. The van der Waals surface area contributed by atoms with E-state index in [1.807, 2.05) is 6.92 Å².